The van der Waals surface area contributed by atoms with E-state index in [1.165, 1.54) is 0 Å². The van der Waals surface area contributed by atoms with Crippen LogP contribution in [-0.4, -0.2) is 18.3 Å². The highest BCUT2D eigenvalue weighted by Crippen LogP contribution is 2.40. The predicted molar refractivity (Wildman–Crippen MR) is 89.0 cm³/mol. The highest BCUT2D eigenvalue weighted by Gasteiger charge is 2.31. The molecule has 1 aliphatic rings. The number of hydrogen-bond acceptors (Lipinski definition) is 3. The van der Waals surface area contributed by atoms with E-state index in [0.717, 1.165) is 17.2 Å². The zero-order chi connectivity index (χ0) is 19.0. The Labute approximate surface area is 148 Å². The topological polar surface area (TPSA) is 55.4 Å². The molecule has 4 nitrogen and oxygen atoms in total. The molecule has 136 valence electrons. The number of aryl methyl sites for hydroxylation is 1. The van der Waals surface area contributed by atoms with Gasteiger partial charge in [-0.2, -0.15) is 0 Å². The van der Waals surface area contributed by atoms with Crippen molar-refractivity contribution in [3.8, 4) is 5.75 Å². The third kappa shape index (κ3) is 3.16. The molecular weight excluding hydrogens is 347 g/mol. The predicted octanol–water partition coefficient (Wildman–Crippen LogP) is 4.12. The van der Waals surface area contributed by atoms with Crippen molar-refractivity contribution in [3.05, 3.63) is 58.4 Å². The Kier molecular flexibility index (Phi) is 4.71. The van der Waals surface area contributed by atoms with Crippen molar-refractivity contribution in [2.75, 3.05) is 11.9 Å². The number of rotatable bonds is 4. The van der Waals surface area contributed by atoms with Gasteiger partial charge < -0.3 is 10.1 Å². The fourth-order valence-electron chi connectivity index (χ4n) is 3.18. The number of Topliss-reactive ketones (excluding diaryl/α,β-unsaturated/α-hetero) is 1. The number of ether oxygens (including phenoxy) is 1. The van der Waals surface area contributed by atoms with Crippen molar-refractivity contribution in [2.45, 2.75) is 26.2 Å². The van der Waals surface area contributed by atoms with Crippen LogP contribution < -0.4 is 10.1 Å². The molecule has 0 heterocycles. The zero-order valence-electron chi connectivity index (χ0n) is 14.2. The number of ketones is 1. The number of nitrogens with one attached hydrogen (secondary N) is 1. The van der Waals surface area contributed by atoms with Gasteiger partial charge in [-0.1, -0.05) is 13.0 Å². The first kappa shape index (κ1) is 18.0. The van der Waals surface area contributed by atoms with Gasteiger partial charge in [-0.15, -0.1) is 0 Å². The second-order valence-electron chi connectivity index (χ2n) is 6.26. The van der Waals surface area contributed by atoms with E-state index >= 15 is 0 Å². The SMILES string of the molecule is Cc1ccc(OCC(=O)Nc2ccc(F)c(F)c2F)c2c1[C@H](C)CC2=O. The molecule has 0 radical (unpaired) electrons. The molecular formula is C19H16F3NO3. The highest BCUT2D eigenvalue weighted by molar-refractivity contribution is 6.04. The van der Waals surface area contributed by atoms with E-state index < -0.39 is 35.7 Å². The minimum absolute atomic E-state index is 0.0572. The molecule has 1 amide bonds. The quantitative estimate of drug-likeness (QED) is 0.832. The average molecular weight is 363 g/mol. The maximum Gasteiger partial charge on any atom is 0.262 e. The Balaban J connectivity index is 1.74. The summed E-state index contributed by atoms with van der Waals surface area (Å²) in [6, 6.07) is 5.04. The largest absolute Gasteiger partial charge is 0.483 e. The maximum absolute atomic E-state index is 13.6. The molecule has 0 saturated carbocycles. The molecule has 0 fully saturated rings. The van der Waals surface area contributed by atoms with Crippen molar-refractivity contribution in [3.63, 3.8) is 0 Å². The van der Waals surface area contributed by atoms with Gasteiger partial charge in [0.2, 0.25) is 0 Å². The average Bonchev–Trinajstić information content (AvgIpc) is 2.90. The van der Waals surface area contributed by atoms with Crippen molar-refractivity contribution in [1.82, 2.24) is 0 Å². The molecule has 7 heteroatoms. The molecule has 0 unspecified atom stereocenters. The molecule has 26 heavy (non-hydrogen) atoms. The number of amides is 1. The lowest BCUT2D eigenvalue weighted by Crippen LogP contribution is -2.21. The van der Waals surface area contributed by atoms with E-state index in [9.17, 15) is 22.8 Å². The van der Waals surface area contributed by atoms with Crippen LogP contribution in [0.4, 0.5) is 18.9 Å². The maximum atomic E-state index is 13.6. The van der Waals surface area contributed by atoms with Gasteiger partial charge in [0.25, 0.3) is 5.91 Å². The number of fused-ring (bicyclic) bond motifs is 1. The molecule has 1 atom stereocenters. The number of halogens is 3. The van der Waals surface area contributed by atoms with Crippen molar-refractivity contribution in [1.29, 1.82) is 0 Å². The lowest BCUT2D eigenvalue weighted by Gasteiger charge is -2.13. The summed E-state index contributed by atoms with van der Waals surface area (Å²) in [4.78, 5) is 24.1. The van der Waals surface area contributed by atoms with Crippen LogP contribution in [0, 0.1) is 24.4 Å². The van der Waals surface area contributed by atoms with Crippen molar-refractivity contribution >= 4 is 17.4 Å². The van der Waals surface area contributed by atoms with Crippen LogP contribution in [0.15, 0.2) is 24.3 Å². The fraction of sp³-hybridized carbons (Fsp3) is 0.263. The highest BCUT2D eigenvalue weighted by atomic mass is 19.2. The van der Waals surface area contributed by atoms with E-state index in [4.69, 9.17) is 4.74 Å². The lowest BCUT2D eigenvalue weighted by atomic mass is 9.97. The molecule has 0 saturated heterocycles. The molecule has 2 aromatic rings. The van der Waals surface area contributed by atoms with Crippen LogP contribution in [0.5, 0.6) is 5.75 Å². The van der Waals surface area contributed by atoms with E-state index in [0.29, 0.717) is 18.1 Å². The smallest absolute Gasteiger partial charge is 0.262 e. The monoisotopic (exact) mass is 363 g/mol. The van der Waals surface area contributed by atoms with Gasteiger partial charge in [-0.3, -0.25) is 9.59 Å². The third-order valence-corrected chi connectivity index (χ3v) is 4.36. The van der Waals surface area contributed by atoms with Crippen molar-refractivity contribution < 1.29 is 27.5 Å². The standard InChI is InChI=1S/C19H16F3NO3/c1-9-3-6-14(17-13(24)7-10(2)16(9)17)26-8-15(25)23-12-5-4-11(20)18(21)19(12)22/h3-6,10H,7-8H2,1-2H3,(H,23,25)/t10-/m1/s1. The second-order valence-corrected chi connectivity index (χ2v) is 6.26. The molecule has 1 aliphatic carbocycles. The molecule has 0 bridgehead atoms. The number of benzene rings is 2. The van der Waals surface area contributed by atoms with Gasteiger partial charge in [0.05, 0.1) is 11.3 Å². The van der Waals surface area contributed by atoms with Gasteiger partial charge in [0.15, 0.2) is 29.8 Å². The van der Waals surface area contributed by atoms with Gasteiger partial charge in [0.1, 0.15) is 5.75 Å². The Bertz CT molecular complexity index is 911. The zero-order valence-corrected chi connectivity index (χ0v) is 14.2. The molecule has 3 rings (SSSR count). The Morgan fingerprint density at radius 3 is 2.65 bits per heavy atom. The summed E-state index contributed by atoms with van der Waals surface area (Å²) in [6.07, 6.45) is 0.378. The number of anilines is 1. The first-order valence-electron chi connectivity index (χ1n) is 8.02. The van der Waals surface area contributed by atoms with E-state index in [1.54, 1.807) is 12.1 Å². The van der Waals surface area contributed by atoms with E-state index in [1.807, 2.05) is 13.8 Å². The van der Waals surface area contributed by atoms with Crippen LogP contribution in [0.2, 0.25) is 0 Å². The summed E-state index contributed by atoms with van der Waals surface area (Å²) in [5, 5.41) is 2.12. The second kappa shape index (κ2) is 6.82. The van der Waals surface area contributed by atoms with E-state index in [2.05, 4.69) is 5.32 Å². The van der Waals surface area contributed by atoms with Crippen LogP contribution in [0.3, 0.4) is 0 Å². The lowest BCUT2D eigenvalue weighted by molar-refractivity contribution is -0.118. The summed E-state index contributed by atoms with van der Waals surface area (Å²) in [6.45, 7) is 3.34. The third-order valence-electron chi connectivity index (χ3n) is 4.36. The fourth-order valence-corrected chi connectivity index (χ4v) is 3.18. The first-order valence-corrected chi connectivity index (χ1v) is 8.02. The summed E-state index contributed by atoms with van der Waals surface area (Å²) in [5.41, 5.74) is 1.85. The van der Waals surface area contributed by atoms with Crippen LogP contribution in [0.25, 0.3) is 0 Å². The van der Waals surface area contributed by atoms with E-state index in [-0.39, 0.29) is 17.5 Å². The first-order chi connectivity index (χ1) is 12.3. The molecule has 1 N–H and O–H groups in total. The molecule has 0 aromatic heterocycles. The van der Waals surface area contributed by atoms with Crippen LogP contribution >= 0.6 is 0 Å². The minimum Gasteiger partial charge on any atom is -0.483 e. The Hall–Kier alpha value is -2.83. The molecule has 0 aliphatic heterocycles. The summed E-state index contributed by atoms with van der Waals surface area (Å²) >= 11 is 0. The normalized spacial score (nSPS) is 15.7. The summed E-state index contributed by atoms with van der Waals surface area (Å²) in [7, 11) is 0. The number of hydrogen-bond donors (Lipinski definition) is 1. The van der Waals surface area contributed by atoms with Crippen LogP contribution in [-0.2, 0) is 4.79 Å². The Morgan fingerprint density at radius 2 is 1.92 bits per heavy atom. The van der Waals surface area contributed by atoms with Gasteiger partial charge >= 0.3 is 0 Å². The minimum atomic E-state index is -1.67. The van der Waals surface area contributed by atoms with Crippen LogP contribution in [0.1, 0.15) is 40.7 Å². The van der Waals surface area contributed by atoms with Gasteiger partial charge in [-0.25, -0.2) is 13.2 Å². The number of carbonyl (C=O) groups excluding carboxylic acids is 2. The Morgan fingerprint density at radius 1 is 1.19 bits per heavy atom. The number of carbonyl (C=O) groups is 2. The molecule has 2 aromatic carbocycles. The van der Waals surface area contributed by atoms with Gasteiger partial charge in [0, 0.05) is 6.42 Å². The summed E-state index contributed by atoms with van der Waals surface area (Å²) in [5.74, 6) is -4.97. The summed E-state index contributed by atoms with van der Waals surface area (Å²) < 4.78 is 45.1. The van der Waals surface area contributed by atoms with Gasteiger partial charge in [-0.05, 0) is 42.2 Å². The molecule has 0 spiro atoms. The van der Waals surface area contributed by atoms with Crippen molar-refractivity contribution in [2.24, 2.45) is 0 Å².